The lowest BCUT2D eigenvalue weighted by Gasteiger charge is -2.21. The van der Waals surface area contributed by atoms with Crippen LogP contribution in [0.2, 0.25) is 0 Å². The summed E-state index contributed by atoms with van der Waals surface area (Å²) in [7, 11) is 2.10. The molecular formula is C11H26N2O2. The molecule has 4 nitrogen and oxygen atoms in total. The minimum Gasteiger partial charge on any atom is -0.389 e. The molecule has 92 valence electrons. The molecule has 0 bridgehead atoms. The highest BCUT2D eigenvalue weighted by Gasteiger charge is 2.04. The zero-order chi connectivity index (χ0) is 11.7. The quantitative estimate of drug-likeness (QED) is 0.547. The number of hydrogen-bond donors (Lipinski definition) is 2. The number of hydrogen-bond acceptors (Lipinski definition) is 4. The van der Waals surface area contributed by atoms with Crippen molar-refractivity contribution in [3.8, 4) is 0 Å². The van der Waals surface area contributed by atoms with Gasteiger partial charge in [-0.25, -0.2) is 0 Å². The molecule has 0 amide bonds. The minimum atomic E-state index is -0.394. The fourth-order valence-electron chi connectivity index (χ4n) is 1.10. The standard InChI is InChI=1S/C11H26N2O2/c1-5-15-9-11(14)8-12-6-7-13(4)10(2)3/h10-12,14H,5-9H2,1-4H3. The average molecular weight is 218 g/mol. The number of aliphatic hydroxyl groups is 1. The van der Waals surface area contributed by atoms with Crippen molar-refractivity contribution in [3.63, 3.8) is 0 Å². The van der Waals surface area contributed by atoms with Crippen LogP contribution < -0.4 is 5.32 Å². The Balaban J connectivity index is 3.30. The van der Waals surface area contributed by atoms with Crippen LogP contribution in [0.3, 0.4) is 0 Å². The molecule has 1 atom stereocenters. The molecule has 0 aromatic heterocycles. The van der Waals surface area contributed by atoms with Crippen LogP contribution in [0.1, 0.15) is 20.8 Å². The number of ether oxygens (including phenoxy) is 1. The lowest BCUT2D eigenvalue weighted by atomic mass is 10.3. The monoisotopic (exact) mass is 218 g/mol. The Morgan fingerprint density at radius 2 is 2.07 bits per heavy atom. The third kappa shape index (κ3) is 8.81. The maximum absolute atomic E-state index is 9.45. The summed E-state index contributed by atoms with van der Waals surface area (Å²) in [5.41, 5.74) is 0. The second kappa shape index (κ2) is 9.09. The highest BCUT2D eigenvalue weighted by atomic mass is 16.5. The van der Waals surface area contributed by atoms with Crippen molar-refractivity contribution in [3.05, 3.63) is 0 Å². The van der Waals surface area contributed by atoms with E-state index in [2.05, 4.69) is 31.1 Å². The maximum Gasteiger partial charge on any atom is 0.0897 e. The molecule has 0 rings (SSSR count). The summed E-state index contributed by atoms with van der Waals surface area (Å²) < 4.78 is 5.11. The zero-order valence-corrected chi connectivity index (χ0v) is 10.5. The second-order valence-corrected chi connectivity index (χ2v) is 4.09. The van der Waals surface area contributed by atoms with E-state index >= 15 is 0 Å². The molecule has 0 saturated carbocycles. The van der Waals surface area contributed by atoms with Gasteiger partial charge in [-0.2, -0.15) is 0 Å². The molecular weight excluding hydrogens is 192 g/mol. The van der Waals surface area contributed by atoms with Crippen LogP contribution >= 0.6 is 0 Å². The Labute approximate surface area is 93.6 Å². The zero-order valence-electron chi connectivity index (χ0n) is 10.5. The molecule has 1 unspecified atom stereocenters. The van der Waals surface area contributed by atoms with Gasteiger partial charge in [-0.3, -0.25) is 0 Å². The van der Waals surface area contributed by atoms with Gasteiger partial charge in [0, 0.05) is 32.3 Å². The van der Waals surface area contributed by atoms with E-state index in [9.17, 15) is 5.11 Å². The Bertz CT molecular complexity index is 143. The molecule has 0 aliphatic carbocycles. The van der Waals surface area contributed by atoms with Crippen molar-refractivity contribution in [2.75, 3.05) is 39.9 Å². The number of nitrogens with one attached hydrogen (secondary N) is 1. The Morgan fingerprint density at radius 3 is 2.60 bits per heavy atom. The van der Waals surface area contributed by atoms with Gasteiger partial charge in [-0.1, -0.05) is 0 Å². The molecule has 4 heteroatoms. The fourth-order valence-corrected chi connectivity index (χ4v) is 1.10. The molecule has 0 saturated heterocycles. The van der Waals surface area contributed by atoms with E-state index in [1.54, 1.807) is 0 Å². The van der Waals surface area contributed by atoms with Crippen molar-refractivity contribution >= 4 is 0 Å². The van der Waals surface area contributed by atoms with Gasteiger partial charge in [0.15, 0.2) is 0 Å². The molecule has 2 N–H and O–H groups in total. The van der Waals surface area contributed by atoms with Gasteiger partial charge in [0.1, 0.15) is 0 Å². The molecule has 0 aromatic rings. The first-order chi connectivity index (χ1) is 7.07. The Morgan fingerprint density at radius 1 is 1.40 bits per heavy atom. The van der Waals surface area contributed by atoms with E-state index < -0.39 is 6.10 Å². The lowest BCUT2D eigenvalue weighted by Crippen LogP contribution is -2.37. The van der Waals surface area contributed by atoms with Crippen molar-refractivity contribution in [2.24, 2.45) is 0 Å². The summed E-state index contributed by atoms with van der Waals surface area (Å²) in [5, 5.41) is 12.7. The lowest BCUT2D eigenvalue weighted by molar-refractivity contribution is 0.0426. The van der Waals surface area contributed by atoms with Crippen LogP contribution in [0, 0.1) is 0 Å². The molecule has 15 heavy (non-hydrogen) atoms. The average Bonchev–Trinajstić information content (AvgIpc) is 2.20. The topological polar surface area (TPSA) is 44.7 Å². The van der Waals surface area contributed by atoms with Gasteiger partial charge >= 0.3 is 0 Å². The second-order valence-electron chi connectivity index (χ2n) is 4.09. The summed E-state index contributed by atoms with van der Waals surface area (Å²) in [5.74, 6) is 0. The number of likely N-dealkylation sites (N-methyl/N-ethyl adjacent to an activating group) is 1. The van der Waals surface area contributed by atoms with Crippen molar-refractivity contribution in [1.82, 2.24) is 10.2 Å². The van der Waals surface area contributed by atoms with E-state index in [-0.39, 0.29) is 0 Å². The molecule has 0 aliphatic rings. The maximum atomic E-state index is 9.45. The first-order valence-electron chi connectivity index (χ1n) is 5.74. The minimum absolute atomic E-state index is 0.394. The predicted octanol–water partition coefficient (Wildman–Crippen LogP) is 0.314. The van der Waals surface area contributed by atoms with Gasteiger partial charge in [0.2, 0.25) is 0 Å². The fraction of sp³-hybridized carbons (Fsp3) is 1.00. The van der Waals surface area contributed by atoms with Gasteiger partial charge in [-0.15, -0.1) is 0 Å². The van der Waals surface area contributed by atoms with Gasteiger partial charge in [0.25, 0.3) is 0 Å². The summed E-state index contributed by atoms with van der Waals surface area (Å²) in [6.45, 7) is 9.85. The van der Waals surface area contributed by atoms with E-state index in [0.717, 1.165) is 13.1 Å². The van der Waals surface area contributed by atoms with Gasteiger partial charge < -0.3 is 20.1 Å². The van der Waals surface area contributed by atoms with E-state index in [1.807, 2.05) is 6.92 Å². The molecule has 0 heterocycles. The molecule has 0 spiro atoms. The SMILES string of the molecule is CCOCC(O)CNCCN(C)C(C)C. The van der Waals surface area contributed by atoms with E-state index in [0.29, 0.717) is 25.8 Å². The van der Waals surface area contributed by atoms with E-state index in [4.69, 9.17) is 4.74 Å². The highest BCUT2D eigenvalue weighted by molar-refractivity contribution is 4.62. The third-order valence-corrected chi connectivity index (χ3v) is 2.42. The molecule has 0 aromatic carbocycles. The first-order valence-corrected chi connectivity index (χ1v) is 5.74. The molecule has 0 fully saturated rings. The van der Waals surface area contributed by atoms with Crippen LogP contribution in [0.15, 0.2) is 0 Å². The third-order valence-electron chi connectivity index (χ3n) is 2.42. The van der Waals surface area contributed by atoms with Crippen LogP contribution in [0.5, 0.6) is 0 Å². The van der Waals surface area contributed by atoms with Crippen LogP contribution in [0.4, 0.5) is 0 Å². The summed E-state index contributed by atoms with van der Waals surface area (Å²) in [6, 6.07) is 0.570. The summed E-state index contributed by atoms with van der Waals surface area (Å²) >= 11 is 0. The first kappa shape index (κ1) is 14.8. The van der Waals surface area contributed by atoms with Crippen molar-refractivity contribution in [1.29, 1.82) is 0 Å². The van der Waals surface area contributed by atoms with Crippen molar-refractivity contribution < 1.29 is 9.84 Å². The normalized spacial score (nSPS) is 13.8. The van der Waals surface area contributed by atoms with Crippen molar-refractivity contribution in [2.45, 2.75) is 32.9 Å². The summed E-state index contributed by atoms with van der Waals surface area (Å²) in [4.78, 5) is 2.27. The molecule has 0 aliphatic heterocycles. The largest absolute Gasteiger partial charge is 0.389 e. The van der Waals surface area contributed by atoms with Crippen LogP contribution in [-0.4, -0.2) is 62.0 Å². The summed E-state index contributed by atoms with van der Waals surface area (Å²) in [6.07, 6.45) is -0.394. The Kier molecular flexibility index (Phi) is 9.00. The van der Waals surface area contributed by atoms with E-state index in [1.165, 1.54) is 0 Å². The molecule has 0 radical (unpaired) electrons. The number of nitrogens with zero attached hydrogens (tertiary/aromatic N) is 1. The smallest absolute Gasteiger partial charge is 0.0897 e. The van der Waals surface area contributed by atoms with Gasteiger partial charge in [-0.05, 0) is 27.8 Å². The highest BCUT2D eigenvalue weighted by Crippen LogP contribution is 1.91. The number of rotatable bonds is 9. The van der Waals surface area contributed by atoms with Crippen LogP contribution in [-0.2, 0) is 4.74 Å². The Hall–Kier alpha value is -0.160. The van der Waals surface area contributed by atoms with Gasteiger partial charge in [0.05, 0.1) is 12.7 Å². The number of aliphatic hydroxyl groups excluding tert-OH is 1. The van der Waals surface area contributed by atoms with Crippen LogP contribution in [0.25, 0.3) is 0 Å². The predicted molar refractivity (Wildman–Crippen MR) is 63.1 cm³/mol.